The molecule has 0 bridgehead atoms. The van der Waals surface area contributed by atoms with Crippen molar-refractivity contribution in [2.75, 3.05) is 27.2 Å². The summed E-state index contributed by atoms with van der Waals surface area (Å²) in [7, 11) is 3.51. The van der Waals surface area contributed by atoms with Crippen LogP contribution in [0.2, 0.25) is 0 Å². The van der Waals surface area contributed by atoms with Gasteiger partial charge in [0.25, 0.3) is 5.91 Å². The number of thiazole rings is 1. The summed E-state index contributed by atoms with van der Waals surface area (Å²) in [6, 6.07) is 7.59. The van der Waals surface area contributed by atoms with Crippen molar-refractivity contribution in [1.29, 1.82) is 0 Å². The lowest BCUT2D eigenvalue weighted by atomic mass is 10.1. The first-order valence-corrected chi connectivity index (χ1v) is 9.98. The SMILES string of the molecule is CCNC(=NCc1ccc(C(=O)N(C)C)cc1)NCCc1nc(C)c(C)s1.I. The van der Waals surface area contributed by atoms with Crippen LogP contribution in [0.5, 0.6) is 0 Å². The van der Waals surface area contributed by atoms with E-state index in [2.05, 4.69) is 27.5 Å². The van der Waals surface area contributed by atoms with E-state index >= 15 is 0 Å². The molecule has 8 heteroatoms. The van der Waals surface area contributed by atoms with Crippen LogP contribution in [0.1, 0.15) is 38.4 Å². The summed E-state index contributed by atoms with van der Waals surface area (Å²) >= 11 is 1.75. The molecule has 0 saturated heterocycles. The van der Waals surface area contributed by atoms with Gasteiger partial charge in [-0.25, -0.2) is 9.98 Å². The predicted molar refractivity (Wildman–Crippen MR) is 128 cm³/mol. The van der Waals surface area contributed by atoms with Crippen LogP contribution in [-0.4, -0.2) is 48.9 Å². The number of carbonyl (C=O) groups is 1. The van der Waals surface area contributed by atoms with Crippen molar-refractivity contribution in [2.45, 2.75) is 33.7 Å². The van der Waals surface area contributed by atoms with Crippen molar-refractivity contribution in [2.24, 2.45) is 4.99 Å². The first kappa shape index (κ1) is 24.4. The summed E-state index contributed by atoms with van der Waals surface area (Å²) in [6.45, 7) is 8.35. The smallest absolute Gasteiger partial charge is 0.253 e. The van der Waals surface area contributed by atoms with Crippen molar-refractivity contribution in [3.8, 4) is 0 Å². The van der Waals surface area contributed by atoms with Gasteiger partial charge in [-0.15, -0.1) is 35.3 Å². The number of rotatable bonds is 7. The summed E-state index contributed by atoms with van der Waals surface area (Å²) in [5.74, 6) is 0.795. The average Bonchev–Trinajstić information content (AvgIpc) is 2.97. The Bertz CT molecular complexity index is 767. The zero-order chi connectivity index (χ0) is 19.8. The van der Waals surface area contributed by atoms with Gasteiger partial charge in [0.2, 0.25) is 0 Å². The number of benzene rings is 1. The van der Waals surface area contributed by atoms with Crippen molar-refractivity contribution in [1.82, 2.24) is 20.5 Å². The lowest BCUT2D eigenvalue weighted by Gasteiger charge is -2.11. The van der Waals surface area contributed by atoms with E-state index < -0.39 is 0 Å². The molecule has 2 N–H and O–H groups in total. The third-order valence-electron chi connectivity index (χ3n) is 4.08. The summed E-state index contributed by atoms with van der Waals surface area (Å²) in [4.78, 5) is 24.0. The minimum absolute atomic E-state index is 0. The molecule has 0 aliphatic carbocycles. The standard InChI is InChI=1S/C20H29N5OS.HI/c1-6-21-20(22-12-11-18-24-14(2)15(3)27-18)23-13-16-7-9-17(10-8-16)19(26)25(4)5;/h7-10H,6,11-13H2,1-5H3,(H2,21,22,23);1H. The van der Waals surface area contributed by atoms with Gasteiger partial charge in [0, 0.05) is 44.0 Å². The van der Waals surface area contributed by atoms with E-state index in [1.54, 1.807) is 30.3 Å². The first-order valence-electron chi connectivity index (χ1n) is 9.16. The molecule has 2 aromatic rings. The Morgan fingerprint density at radius 1 is 1.18 bits per heavy atom. The highest BCUT2D eigenvalue weighted by atomic mass is 127. The summed E-state index contributed by atoms with van der Waals surface area (Å²) < 4.78 is 0. The van der Waals surface area contributed by atoms with E-state index in [4.69, 9.17) is 0 Å². The topological polar surface area (TPSA) is 69.6 Å². The molecule has 0 unspecified atom stereocenters. The van der Waals surface area contributed by atoms with E-state index in [9.17, 15) is 4.79 Å². The van der Waals surface area contributed by atoms with E-state index in [-0.39, 0.29) is 29.9 Å². The Morgan fingerprint density at radius 3 is 2.39 bits per heavy atom. The molecular weight excluding hydrogens is 485 g/mol. The van der Waals surface area contributed by atoms with Gasteiger partial charge in [-0.05, 0) is 38.5 Å². The Morgan fingerprint density at radius 2 is 1.86 bits per heavy atom. The third kappa shape index (κ3) is 7.38. The maximum Gasteiger partial charge on any atom is 0.253 e. The maximum atomic E-state index is 11.9. The van der Waals surface area contributed by atoms with Crippen molar-refractivity contribution < 1.29 is 4.79 Å². The molecule has 28 heavy (non-hydrogen) atoms. The van der Waals surface area contributed by atoms with E-state index in [0.717, 1.165) is 41.7 Å². The molecule has 1 heterocycles. The Labute approximate surface area is 188 Å². The lowest BCUT2D eigenvalue weighted by molar-refractivity contribution is 0.0827. The molecule has 1 aromatic heterocycles. The van der Waals surface area contributed by atoms with Gasteiger partial charge in [-0.1, -0.05) is 12.1 Å². The number of hydrogen-bond donors (Lipinski definition) is 2. The van der Waals surface area contributed by atoms with Crippen molar-refractivity contribution in [3.05, 3.63) is 51.0 Å². The van der Waals surface area contributed by atoms with Gasteiger partial charge in [0.1, 0.15) is 0 Å². The fraction of sp³-hybridized carbons (Fsp3) is 0.450. The summed E-state index contributed by atoms with van der Waals surface area (Å²) in [5, 5.41) is 7.77. The number of nitrogens with one attached hydrogen (secondary N) is 2. The second kappa shape index (κ2) is 12.0. The molecule has 0 atom stereocenters. The molecule has 6 nitrogen and oxygen atoms in total. The second-order valence-electron chi connectivity index (χ2n) is 6.52. The fourth-order valence-corrected chi connectivity index (χ4v) is 3.39. The number of aryl methyl sites for hydroxylation is 2. The van der Waals surface area contributed by atoms with Crippen LogP contribution in [0.15, 0.2) is 29.3 Å². The van der Waals surface area contributed by atoms with Gasteiger partial charge < -0.3 is 15.5 Å². The Kier molecular flexibility index (Phi) is 10.4. The van der Waals surface area contributed by atoms with Crippen LogP contribution in [-0.2, 0) is 13.0 Å². The highest BCUT2D eigenvalue weighted by Gasteiger charge is 2.07. The largest absolute Gasteiger partial charge is 0.357 e. The molecule has 154 valence electrons. The van der Waals surface area contributed by atoms with Gasteiger partial charge in [-0.3, -0.25) is 4.79 Å². The Hall–Kier alpha value is -1.68. The van der Waals surface area contributed by atoms with E-state index in [0.29, 0.717) is 12.1 Å². The molecule has 0 aliphatic rings. The Balaban J connectivity index is 0.00000392. The van der Waals surface area contributed by atoms with E-state index in [1.165, 1.54) is 4.88 Å². The minimum atomic E-state index is 0. The number of halogens is 1. The molecule has 1 amide bonds. The molecule has 1 aromatic carbocycles. The van der Waals surface area contributed by atoms with Crippen LogP contribution >= 0.6 is 35.3 Å². The van der Waals surface area contributed by atoms with Crippen molar-refractivity contribution >= 4 is 47.2 Å². The van der Waals surface area contributed by atoms with E-state index in [1.807, 2.05) is 38.1 Å². The van der Waals surface area contributed by atoms with Crippen LogP contribution < -0.4 is 10.6 Å². The molecule has 0 saturated carbocycles. The second-order valence-corrected chi connectivity index (χ2v) is 7.81. The van der Waals surface area contributed by atoms with Crippen molar-refractivity contribution in [3.63, 3.8) is 0 Å². The summed E-state index contributed by atoms with van der Waals surface area (Å²) in [5.41, 5.74) is 2.87. The number of amides is 1. The highest BCUT2D eigenvalue weighted by Crippen LogP contribution is 2.16. The van der Waals surface area contributed by atoms with Gasteiger partial charge in [0.15, 0.2) is 5.96 Å². The van der Waals surface area contributed by atoms with Crippen LogP contribution in [0.25, 0.3) is 0 Å². The quantitative estimate of drug-likeness (QED) is 0.337. The number of nitrogens with zero attached hydrogens (tertiary/aromatic N) is 3. The number of aliphatic imine (C=N–C) groups is 1. The number of carbonyl (C=O) groups excluding carboxylic acids is 1. The molecule has 0 spiro atoms. The van der Waals surface area contributed by atoms with Gasteiger partial charge in [-0.2, -0.15) is 0 Å². The minimum Gasteiger partial charge on any atom is -0.357 e. The molecule has 2 rings (SSSR count). The monoisotopic (exact) mass is 515 g/mol. The molecule has 0 radical (unpaired) electrons. The van der Waals surface area contributed by atoms with Gasteiger partial charge >= 0.3 is 0 Å². The van der Waals surface area contributed by atoms with Crippen LogP contribution in [0, 0.1) is 13.8 Å². The zero-order valence-electron chi connectivity index (χ0n) is 17.2. The third-order valence-corrected chi connectivity index (χ3v) is 5.21. The van der Waals surface area contributed by atoms with Crippen LogP contribution in [0.4, 0.5) is 0 Å². The summed E-state index contributed by atoms with van der Waals surface area (Å²) in [6.07, 6.45) is 0.880. The predicted octanol–water partition coefficient (Wildman–Crippen LogP) is 3.38. The lowest BCUT2D eigenvalue weighted by Crippen LogP contribution is -2.38. The number of guanidine groups is 1. The normalized spacial score (nSPS) is 11.0. The first-order chi connectivity index (χ1) is 12.9. The van der Waals surface area contributed by atoms with Gasteiger partial charge in [0.05, 0.1) is 17.2 Å². The number of hydrogen-bond acceptors (Lipinski definition) is 4. The molecule has 0 aliphatic heterocycles. The number of aromatic nitrogens is 1. The molecular formula is C20H30IN5OS. The zero-order valence-corrected chi connectivity index (χ0v) is 20.4. The fourth-order valence-electron chi connectivity index (χ4n) is 2.46. The maximum absolute atomic E-state index is 11.9. The average molecular weight is 515 g/mol. The molecule has 0 fully saturated rings. The van der Waals surface area contributed by atoms with Crippen LogP contribution in [0.3, 0.4) is 0 Å². The highest BCUT2D eigenvalue weighted by molar-refractivity contribution is 14.0.